The van der Waals surface area contributed by atoms with Gasteiger partial charge in [0.15, 0.2) is 0 Å². The van der Waals surface area contributed by atoms with Gasteiger partial charge >= 0.3 is 0 Å². The molecule has 12 heavy (non-hydrogen) atoms. The Morgan fingerprint density at radius 1 is 1.17 bits per heavy atom. The van der Waals surface area contributed by atoms with Crippen molar-refractivity contribution in [1.82, 2.24) is 0 Å². The van der Waals surface area contributed by atoms with Crippen LogP contribution in [-0.2, 0) is 0 Å². The van der Waals surface area contributed by atoms with E-state index in [1.807, 2.05) is 0 Å². The van der Waals surface area contributed by atoms with Crippen LogP contribution in [-0.4, -0.2) is 19.8 Å². The molecule has 0 aliphatic heterocycles. The van der Waals surface area contributed by atoms with Crippen molar-refractivity contribution in [1.29, 1.82) is 0 Å². The standard InChI is InChI=1S/C8H12Br4/c9-4-8(12)5-1-2-6(10)7(11)3-5/h5-8H,1-4H2/t5-,6+,7+,8-/m0/s1. The predicted molar refractivity (Wildman–Crippen MR) is 69.3 cm³/mol. The van der Waals surface area contributed by atoms with Crippen LogP contribution >= 0.6 is 63.7 Å². The third-order valence-electron chi connectivity index (χ3n) is 2.39. The van der Waals surface area contributed by atoms with Crippen LogP contribution in [0.1, 0.15) is 19.3 Å². The Balaban J connectivity index is 2.39. The van der Waals surface area contributed by atoms with Gasteiger partial charge in [0, 0.05) is 19.8 Å². The second kappa shape index (κ2) is 5.72. The highest BCUT2D eigenvalue weighted by atomic mass is 79.9. The summed E-state index contributed by atoms with van der Waals surface area (Å²) in [6.45, 7) is 0. The van der Waals surface area contributed by atoms with Gasteiger partial charge in [-0.3, -0.25) is 0 Å². The van der Waals surface area contributed by atoms with Gasteiger partial charge in [-0.2, -0.15) is 0 Å². The zero-order valence-corrected chi connectivity index (χ0v) is 13.0. The molecule has 0 aromatic rings. The first kappa shape index (κ1) is 12.0. The van der Waals surface area contributed by atoms with Gasteiger partial charge in [0.2, 0.25) is 0 Å². The maximum Gasteiger partial charge on any atom is 0.0274 e. The molecule has 0 amide bonds. The lowest BCUT2D eigenvalue weighted by atomic mass is 9.87. The molecule has 1 aliphatic rings. The maximum atomic E-state index is 3.71. The topological polar surface area (TPSA) is 0 Å². The molecule has 0 bridgehead atoms. The molecule has 1 saturated carbocycles. The minimum absolute atomic E-state index is 0.637. The van der Waals surface area contributed by atoms with Crippen LogP contribution in [0.4, 0.5) is 0 Å². The molecule has 0 N–H and O–H groups in total. The fourth-order valence-corrected chi connectivity index (χ4v) is 3.80. The van der Waals surface area contributed by atoms with E-state index >= 15 is 0 Å². The Bertz CT molecular complexity index is 139. The summed E-state index contributed by atoms with van der Waals surface area (Å²) in [5.74, 6) is 0.822. The molecular weight excluding hydrogens is 416 g/mol. The third kappa shape index (κ3) is 3.25. The maximum absolute atomic E-state index is 3.71. The average Bonchev–Trinajstić information content (AvgIpc) is 2.08. The minimum atomic E-state index is 0.637. The molecule has 0 aromatic carbocycles. The molecule has 72 valence electrons. The van der Waals surface area contributed by atoms with E-state index < -0.39 is 0 Å². The summed E-state index contributed by atoms with van der Waals surface area (Å²) in [6.07, 6.45) is 3.90. The molecule has 0 aromatic heterocycles. The van der Waals surface area contributed by atoms with Crippen molar-refractivity contribution in [2.75, 3.05) is 5.33 Å². The molecule has 4 atom stereocenters. The number of halogens is 4. The summed E-state index contributed by atoms with van der Waals surface area (Å²) < 4.78 is 0. The van der Waals surface area contributed by atoms with E-state index in [1.54, 1.807) is 0 Å². The average molecular weight is 428 g/mol. The van der Waals surface area contributed by atoms with Crippen LogP contribution in [0.2, 0.25) is 0 Å². The highest BCUT2D eigenvalue weighted by Crippen LogP contribution is 2.37. The zero-order valence-electron chi connectivity index (χ0n) is 6.65. The van der Waals surface area contributed by atoms with E-state index in [4.69, 9.17) is 0 Å². The second-order valence-corrected chi connectivity index (χ2v) is 7.45. The van der Waals surface area contributed by atoms with Crippen LogP contribution in [0.15, 0.2) is 0 Å². The Kier molecular flexibility index (Phi) is 5.71. The molecule has 1 aliphatic carbocycles. The van der Waals surface area contributed by atoms with Crippen molar-refractivity contribution < 1.29 is 0 Å². The molecule has 0 nitrogen and oxygen atoms in total. The van der Waals surface area contributed by atoms with Gasteiger partial charge in [0.25, 0.3) is 0 Å². The Hall–Kier alpha value is 1.92. The van der Waals surface area contributed by atoms with E-state index in [-0.39, 0.29) is 0 Å². The van der Waals surface area contributed by atoms with Gasteiger partial charge in [-0.05, 0) is 25.2 Å². The summed E-state index contributed by atoms with van der Waals surface area (Å²) in [4.78, 5) is 1.96. The Labute approximate surface area is 108 Å². The number of hydrogen-bond donors (Lipinski definition) is 0. The normalized spacial score (nSPS) is 39.5. The molecular formula is C8H12Br4. The first-order valence-electron chi connectivity index (χ1n) is 4.13. The third-order valence-corrected chi connectivity index (χ3v) is 7.85. The summed E-state index contributed by atoms with van der Waals surface area (Å²) in [6, 6.07) is 0. The lowest BCUT2D eigenvalue weighted by molar-refractivity contribution is 0.383. The molecule has 0 spiro atoms. The fraction of sp³-hybridized carbons (Fsp3) is 1.00. The zero-order chi connectivity index (χ0) is 9.14. The Morgan fingerprint density at radius 3 is 2.33 bits per heavy atom. The molecule has 0 saturated heterocycles. The van der Waals surface area contributed by atoms with Gasteiger partial charge in [-0.25, -0.2) is 0 Å². The van der Waals surface area contributed by atoms with E-state index in [9.17, 15) is 0 Å². The Morgan fingerprint density at radius 2 is 1.83 bits per heavy atom. The summed E-state index contributed by atoms with van der Waals surface area (Å²) in [5.41, 5.74) is 0. The van der Waals surface area contributed by atoms with Gasteiger partial charge in [0.1, 0.15) is 0 Å². The van der Waals surface area contributed by atoms with Crippen molar-refractivity contribution in [3.63, 3.8) is 0 Å². The lowest BCUT2D eigenvalue weighted by Gasteiger charge is -2.32. The SMILES string of the molecule is BrC[C@H](Br)[C@H]1CC[C@@H](Br)[C@H](Br)C1. The van der Waals surface area contributed by atoms with Crippen molar-refractivity contribution >= 4 is 63.7 Å². The fourth-order valence-electron chi connectivity index (χ4n) is 1.56. The first-order valence-corrected chi connectivity index (χ1v) is 8.00. The molecule has 0 heterocycles. The highest BCUT2D eigenvalue weighted by molar-refractivity contribution is 9.12. The highest BCUT2D eigenvalue weighted by Gasteiger charge is 2.30. The van der Waals surface area contributed by atoms with E-state index in [1.165, 1.54) is 19.3 Å². The van der Waals surface area contributed by atoms with Crippen LogP contribution in [0.25, 0.3) is 0 Å². The second-order valence-electron chi connectivity index (χ2n) is 3.28. The molecule has 1 rings (SSSR count). The number of rotatable bonds is 2. The van der Waals surface area contributed by atoms with E-state index in [0.717, 1.165) is 11.2 Å². The van der Waals surface area contributed by atoms with Crippen molar-refractivity contribution in [2.45, 2.75) is 33.7 Å². The van der Waals surface area contributed by atoms with Crippen molar-refractivity contribution in [3.05, 3.63) is 0 Å². The predicted octanol–water partition coefficient (Wildman–Crippen LogP) is 4.47. The smallest absolute Gasteiger partial charge is 0.0274 e. The molecule has 0 unspecified atom stereocenters. The molecule has 4 heteroatoms. The van der Waals surface area contributed by atoms with Crippen LogP contribution < -0.4 is 0 Å². The van der Waals surface area contributed by atoms with Crippen LogP contribution in [0.3, 0.4) is 0 Å². The molecule has 0 radical (unpaired) electrons. The number of hydrogen-bond acceptors (Lipinski definition) is 0. The number of alkyl halides is 4. The van der Waals surface area contributed by atoms with Gasteiger partial charge < -0.3 is 0 Å². The van der Waals surface area contributed by atoms with E-state index in [0.29, 0.717) is 14.5 Å². The first-order chi connectivity index (χ1) is 5.65. The molecule has 1 fully saturated rings. The summed E-state index contributed by atoms with van der Waals surface area (Å²) in [7, 11) is 0. The van der Waals surface area contributed by atoms with Crippen molar-refractivity contribution in [2.24, 2.45) is 5.92 Å². The van der Waals surface area contributed by atoms with E-state index in [2.05, 4.69) is 63.7 Å². The van der Waals surface area contributed by atoms with Crippen molar-refractivity contribution in [3.8, 4) is 0 Å². The van der Waals surface area contributed by atoms with Gasteiger partial charge in [-0.15, -0.1) is 0 Å². The lowest BCUT2D eigenvalue weighted by Crippen LogP contribution is -2.30. The summed E-state index contributed by atoms with van der Waals surface area (Å²) >= 11 is 14.6. The minimum Gasteiger partial charge on any atom is -0.0916 e. The van der Waals surface area contributed by atoms with Crippen LogP contribution in [0, 0.1) is 5.92 Å². The van der Waals surface area contributed by atoms with Crippen LogP contribution in [0.5, 0.6) is 0 Å². The largest absolute Gasteiger partial charge is 0.0916 e. The quantitative estimate of drug-likeness (QED) is 0.570. The summed E-state index contributed by atoms with van der Waals surface area (Å²) in [5, 5.41) is 1.06. The monoisotopic (exact) mass is 424 g/mol. The van der Waals surface area contributed by atoms with Gasteiger partial charge in [-0.1, -0.05) is 63.7 Å². The van der Waals surface area contributed by atoms with Gasteiger partial charge in [0.05, 0.1) is 0 Å².